The van der Waals surface area contributed by atoms with Crippen molar-refractivity contribution < 1.29 is 4.79 Å². The first-order chi connectivity index (χ1) is 14.2. The van der Waals surface area contributed by atoms with Gasteiger partial charge in [0.25, 0.3) is 0 Å². The first-order valence-electron chi connectivity index (χ1n) is 10.4. The third-order valence-electron chi connectivity index (χ3n) is 5.54. The third-order valence-corrected chi connectivity index (χ3v) is 5.77. The Morgan fingerprint density at radius 1 is 1.17 bits per heavy atom. The van der Waals surface area contributed by atoms with Crippen LogP contribution in [-0.2, 0) is 17.8 Å². The van der Waals surface area contributed by atoms with Gasteiger partial charge in [-0.2, -0.15) is 0 Å². The van der Waals surface area contributed by atoms with Gasteiger partial charge in [-0.05, 0) is 49.6 Å². The molecule has 0 spiro atoms. The molecule has 0 unspecified atom stereocenters. The monoisotopic (exact) mass is 410 g/mol. The maximum Gasteiger partial charge on any atom is 0.222 e. The number of aromatic amines is 1. The van der Waals surface area contributed by atoms with Gasteiger partial charge in [-0.15, -0.1) is 0 Å². The molecule has 1 aliphatic heterocycles. The number of aryl methyl sites for hydroxylation is 1. The predicted molar refractivity (Wildman–Crippen MR) is 117 cm³/mol. The molecule has 5 nitrogen and oxygen atoms in total. The molecule has 6 heteroatoms. The second-order valence-electron chi connectivity index (χ2n) is 7.73. The molecular formula is C23H27ClN4O. The molecule has 2 N–H and O–H groups in total. The first-order valence-corrected chi connectivity index (χ1v) is 10.7. The fraction of sp³-hybridized carbons (Fsp3) is 0.391. The van der Waals surface area contributed by atoms with Crippen molar-refractivity contribution in [1.29, 1.82) is 0 Å². The van der Waals surface area contributed by atoms with Crippen LogP contribution in [0.3, 0.4) is 0 Å². The summed E-state index contributed by atoms with van der Waals surface area (Å²) in [6.45, 7) is 2.45. The Bertz CT molecular complexity index is 956. The number of carbonyl (C=O) groups excluding carboxylic acids is 1. The van der Waals surface area contributed by atoms with Crippen LogP contribution < -0.4 is 5.32 Å². The minimum absolute atomic E-state index is 0.263. The van der Waals surface area contributed by atoms with Gasteiger partial charge in [0.1, 0.15) is 5.82 Å². The summed E-state index contributed by atoms with van der Waals surface area (Å²) < 4.78 is 0. The van der Waals surface area contributed by atoms with E-state index in [1.54, 1.807) is 0 Å². The minimum Gasteiger partial charge on any atom is -0.342 e. The number of amides is 1. The van der Waals surface area contributed by atoms with Crippen molar-refractivity contribution in [3.63, 3.8) is 0 Å². The lowest BCUT2D eigenvalue weighted by Gasteiger charge is -2.21. The number of hydrogen-bond donors (Lipinski definition) is 2. The fourth-order valence-corrected chi connectivity index (χ4v) is 4.10. The number of imidazole rings is 1. The summed E-state index contributed by atoms with van der Waals surface area (Å²) in [5.74, 6) is 1.26. The average Bonchev–Trinajstić information content (AvgIpc) is 3.05. The third kappa shape index (κ3) is 5.37. The molecule has 1 fully saturated rings. The average molecular weight is 411 g/mol. The molecule has 152 valence electrons. The highest BCUT2D eigenvalue weighted by Crippen LogP contribution is 2.18. The summed E-state index contributed by atoms with van der Waals surface area (Å²) in [7, 11) is 0. The van der Waals surface area contributed by atoms with E-state index in [-0.39, 0.29) is 5.91 Å². The summed E-state index contributed by atoms with van der Waals surface area (Å²) in [6, 6.07) is 16.3. The zero-order valence-electron chi connectivity index (χ0n) is 16.5. The largest absolute Gasteiger partial charge is 0.342 e. The number of likely N-dealkylation sites (tertiary alicyclic amines) is 1. The van der Waals surface area contributed by atoms with Crippen LogP contribution in [0.5, 0.6) is 0 Å². The number of nitrogens with zero attached hydrogens (tertiary/aromatic N) is 2. The molecule has 2 aromatic carbocycles. The highest BCUT2D eigenvalue weighted by Gasteiger charge is 2.22. The molecule has 29 heavy (non-hydrogen) atoms. The van der Waals surface area contributed by atoms with Gasteiger partial charge in [-0.3, -0.25) is 4.79 Å². The van der Waals surface area contributed by atoms with E-state index < -0.39 is 0 Å². The lowest BCUT2D eigenvalue weighted by Crippen LogP contribution is -2.32. The Balaban J connectivity index is 1.22. The molecule has 0 aliphatic carbocycles. The fourth-order valence-electron chi connectivity index (χ4n) is 3.93. The SMILES string of the molecule is O=C1CC[C@H](NCCCc2nc3ccc(Cl)cc3[nH]2)CCN1Cc1ccccc1. The second-order valence-corrected chi connectivity index (χ2v) is 8.16. The number of hydrogen-bond acceptors (Lipinski definition) is 3. The summed E-state index contributed by atoms with van der Waals surface area (Å²) >= 11 is 6.03. The smallest absolute Gasteiger partial charge is 0.222 e. The molecule has 1 saturated heterocycles. The lowest BCUT2D eigenvalue weighted by molar-refractivity contribution is -0.131. The Kier molecular flexibility index (Phi) is 6.47. The van der Waals surface area contributed by atoms with Crippen LogP contribution in [-0.4, -0.2) is 39.9 Å². The quantitative estimate of drug-likeness (QED) is 0.570. The minimum atomic E-state index is 0.263. The van der Waals surface area contributed by atoms with Gasteiger partial charge in [-0.1, -0.05) is 41.9 Å². The first kappa shape index (κ1) is 19.9. The molecule has 1 aromatic heterocycles. The van der Waals surface area contributed by atoms with Gasteiger partial charge >= 0.3 is 0 Å². The Labute approximate surface area is 176 Å². The van der Waals surface area contributed by atoms with E-state index in [9.17, 15) is 4.79 Å². The predicted octanol–water partition coefficient (Wildman–Crippen LogP) is 4.32. The van der Waals surface area contributed by atoms with E-state index >= 15 is 0 Å². The Morgan fingerprint density at radius 3 is 2.90 bits per heavy atom. The zero-order chi connectivity index (χ0) is 20.1. The second kappa shape index (κ2) is 9.42. The summed E-state index contributed by atoms with van der Waals surface area (Å²) in [4.78, 5) is 22.4. The van der Waals surface area contributed by atoms with Gasteiger partial charge < -0.3 is 15.2 Å². The molecule has 4 rings (SSSR count). The highest BCUT2D eigenvalue weighted by molar-refractivity contribution is 6.31. The van der Waals surface area contributed by atoms with Crippen molar-refractivity contribution in [3.05, 3.63) is 64.9 Å². The van der Waals surface area contributed by atoms with E-state index in [2.05, 4.69) is 27.4 Å². The standard InChI is InChI=1S/C23H27ClN4O/c24-18-8-10-20-21(15-18)27-22(26-20)7-4-13-25-19-9-11-23(29)28(14-12-19)16-17-5-2-1-3-6-17/h1-3,5-6,8,10,15,19,25H,4,7,9,11-14,16H2,(H,26,27)/t19-/m0/s1. The number of benzene rings is 2. The van der Waals surface area contributed by atoms with Gasteiger partial charge in [0.2, 0.25) is 5.91 Å². The number of carbonyl (C=O) groups is 1. The summed E-state index contributed by atoms with van der Waals surface area (Å²) in [6.07, 6.45) is 4.43. The summed E-state index contributed by atoms with van der Waals surface area (Å²) in [5, 5.41) is 4.36. The van der Waals surface area contributed by atoms with Gasteiger partial charge in [0.15, 0.2) is 0 Å². The van der Waals surface area contributed by atoms with E-state index in [1.165, 1.54) is 5.56 Å². The number of aromatic nitrogens is 2. The number of nitrogens with one attached hydrogen (secondary N) is 2. The number of H-pyrrole nitrogens is 1. The molecule has 0 saturated carbocycles. The Morgan fingerprint density at radius 2 is 2.03 bits per heavy atom. The zero-order valence-corrected chi connectivity index (χ0v) is 17.3. The molecule has 3 aromatic rings. The van der Waals surface area contributed by atoms with Gasteiger partial charge in [0.05, 0.1) is 11.0 Å². The summed E-state index contributed by atoms with van der Waals surface area (Å²) in [5.41, 5.74) is 3.14. The molecule has 0 bridgehead atoms. The maximum atomic E-state index is 12.5. The van der Waals surface area contributed by atoms with Crippen LogP contribution in [0, 0.1) is 0 Å². The van der Waals surface area contributed by atoms with Crippen LogP contribution in [0.15, 0.2) is 48.5 Å². The van der Waals surface area contributed by atoms with Crippen LogP contribution in [0.1, 0.15) is 37.1 Å². The topological polar surface area (TPSA) is 61.0 Å². The molecule has 1 aliphatic rings. The van der Waals surface area contributed by atoms with Crippen molar-refractivity contribution in [2.24, 2.45) is 0 Å². The van der Waals surface area contributed by atoms with E-state index in [1.807, 2.05) is 41.3 Å². The van der Waals surface area contributed by atoms with Gasteiger partial charge in [0, 0.05) is 37.0 Å². The van der Waals surface area contributed by atoms with Crippen molar-refractivity contribution in [2.45, 2.75) is 44.7 Å². The van der Waals surface area contributed by atoms with Crippen molar-refractivity contribution in [3.8, 4) is 0 Å². The van der Waals surface area contributed by atoms with Crippen LogP contribution in [0.4, 0.5) is 0 Å². The highest BCUT2D eigenvalue weighted by atomic mass is 35.5. The van der Waals surface area contributed by atoms with Crippen molar-refractivity contribution in [2.75, 3.05) is 13.1 Å². The van der Waals surface area contributed by atoms with Crippen LogP contribution >= 0.6 is 11.6 Å². The number of fused-ring (bicyclic) bond motifs is 1. The normalized spacial score (nSPS) is 17.6. The molecule has 2 heterocycles. The van der Waals surface area contributed by atoms with E-state index in [4.69, 9.17) is 11.6 Å². The van der Waals surface area contributed by atoms with Gasteiger partial charge in [-0.25, -0.2) is 4.98 Å². The molecule has 1 atom stereocenters. The van der Waals surface area contributed by atoms with Crippen molar-refractivity contribution in [1.82, 2.24) is 20.2 Å². The van der Waals surface area contributed by atoms with E-state index in [0.717, 1.165) is 60.7 Å². The Hall–Kier alpha value is -2.37. The maximum absolute atomic E-state index is 12.5. The molecule has 0 radical (unpaired) electrons. The van der Waals surface area contributed by atoms with Crippen LogP contribution in [0.2, 0.25) is 5.02 Å². The van der Waals surface area contributed by atoms with Crippen molar-refractivity contribution >= 4 is 28.5 Å². The molecule has 1 amide bonds. The van der Waals surface area contributed by atoms with E-state index in [0.29, 0.717) is 19.0 Å². The number of halogens is 1. The molecular weight excluding hydrogens is 384 g/mol. The number of rotatable bonds is 7. The van der Waals surface area contributed by atoms with Crippen LogP contribution in [0.25, 0.3) is 11.0 Å². The lowest BCUT2D eigenvalue weighted by atomic mass is 10.1.